The Kier molecular flexibility index (Phi) is 4.90. The highest BCUT2D eigenvalue weighted by atomic mass is 32.2. The lowest BCUT2D eigenvalue weighted by atomic mass is 10.3. The zero-order chi connectivity index (χ0) is 22.5. The van der Waals surface area contributed by atoms with Crippen LogP contribution in [0.4, 0.5) is 11.6 Å². The predicted molar refractivity (Wildman–Crippen MR) is 118 cm³/mol. The lowest BCUT2D eigenvalue weighted by Gasteiger charge is -2.12. The SMILES string of the molecule is CC(C)n1c(CO)nc2cnc(Nc3ccnc(-c4cnn(S(=O)(=O)C5CC5)c4)n3)cc21. The maximum absolute atomic E-state index is 12.4. The number of hydrogen-bond acceptors (Lipinski definition) is 9. The molecular formula is C20H22N8O3S. The zero-order valence-electron chi connectivity index (χ0n) is 17.5. The molecule has 1 fully saturated rings. The Hall–Kier alpha value is -3.38. The molecule has 0 amide bonds. The van der Waals surface area contributed by atoms with Crippen LogP contribution < -0.4 is 5.32 Å². The highest BCUT2D eigenvalue weighted by molar-refractivity contribution is 7.90. The minimum atomic E-state index is -3.45. The number of anilines is 2. The van der Waals surface area contributed by atoms with Crippen LogP contribution in [0.5, 0.6) is 0 Å². The number of nitrogens with one attached hydrogen (secondary N) is 1. The van der Waals surface area contributed by atoms with E-state index in [4.69, 9.17) is 0 Å². The first-order chi connectivity index (χ1) is 15.4. The van der Waals surface area contributed by atoms with Gasteiger partial charge in [0, 0.05) is 18.3 Å². The normalized spacial score (nSPS) is 14.4. The average Bonchev–Trinajstić information content (AvgIpc) is 3.40. The molecule has 1 aliphatic rings. The van der Waals surface area contributed by atoms with Crippen LogP contribution in [0.3, 0.4) is 0 Å². The van der Waals surface area contributed by atoms with Gasteiger partial charge in [-0.1, -0.05) is 0 Å². The third-order valence-electron chi connectivity index (χ3n) is 5.24. The molecule has 0 saturated heterocycles. The van der Waals surface area contributed by atoms with Gasteiger partial charge >= 0.3 is 0 Å². The molecule has 0 radical (unpaired) electrons. The fourth-order valence-electron chi connectivity index (χ4n) is 3.58. The summed E-state index contributed by atoms with van der Waals surface area (Å²) < 4.78 is 27.7. The van der Waals surface area contributed by atoms with E-state index in [1.807, 2.05) is 24.5 Å². The van der Waals surface area contributed by atoms with Gasteiger partial charge in [0.05, 0.1) is 34.9 Å². The quantitative estimate of drug-likeness (QED) is 0.430. The van der Waals surface area contributed by atoms with Crippen LogP contribution in [-0.4, -0.2) is 52.5 Å². The fourth-order valence-corrected chi connectivity index (χ4v) is 5.06. The first-order valence-corrected chi connectivity index (χ1v) is 11.7. The van der Waals surface area contributed by atoms with Crippen molar-refractivity contribution >= 4 is 32.7 Å². The van der Waals surface area contributed by atoms with Gasteiger partial charge in [-0.15, -0.1) is 0 Å². The highest BCUT2D eigenvalue weighted by Crippen LogP contribution is 2.30. The molecule has 2 N–H and O–H groups in total. The van der Waals surface area contributed by atoms with Crippen molar-refractivity contribution in [2.75, 3.05) is 5.32 Å². The molecular weight excluding hydrogens is 432 g/mol. The second kappa shape index (κ2) is 7.64. The Bertz CT molecular complexity index is 1410. The van der Waals surface area contributed by atoms with Crippen molar-refractivity contribution in [3.05, 3.63) is 42.7 Å². The van der Waals surface area contributed by atoms with Crippen molar-refractivity contribution in [2.45, 2.75) is 44.6 Å². The minimum absolute atomic E-state index is 0.117. The number of aliphatic hydroxyl groups excluding tert-OH is 1. The summed E-state index contributed by atoms with van der Waals surface area (Å²) in [5.41, 5.74) is 2.05. The molecule has 0 spiro atoms. The molecule has 1 aliphatic carbocycles. The monoisotopic (exact) mass is 454 g/mol. The smallest absolute Gasteiger partial charge is 0.256 e. The van der Waals surface area contributed by atoms with Crippen molar-refractivity contribution in [2.24, 2.45) is 0 Å². The van der Waals surface area contributed by atoms with Crippen LogP contribution in [0.1, 0.15) is 38.6 Å². The molecule has 4 aromatic rings. The fraction of sp³-hybridized carbons (Fsp3) is 0.350. The third kappa shape index (κ3) is 3.60. The average molecular weight is 455 g/mol. The van der Waals surface area contributed by atoms with E-state index in [0.29, 0.717) is 47.2 Å². The predicted octanol–water partition coefficient (Wildman–Crippen LogP) is 2.24. The van der Waals surface area contributed by atoms with E-state index >= 15 is 0 Å². The van der Waals surface area contributed by atoms with E-state index in [1.165, 1.54) is 12.4 Å². The van der Waals surface area contributed by atoms with Gasteiger partial charge < -0.3 is 15.0 Å². The molecule has 4 aromatic heterocycles. The molecule has 12 heteroatoms. The molecule has 32 heavy (non-hydrogen) atoms. The minimum Gasteiger partial charge on any atom is -0.388 e. The van der Waals surface area contributed by atoms with E-state index in [0.717, 1.165) is 9.60 Å². The number of fused-ring (bicyclic) bond motifs is 1. The Balaban J connectivity index is 1.44. The molecule has 0 bridgehead atoms. The largest absolute Gasteiger partial charge is 0.388 e. The summed E-state index contributed by atoms with van der Waals surface area (Å²) in [4.78, 5) is 17.6. The summed E-state index contributed by atoms with van der Waals surface area (Å²) in [6.07, 6.45) is 7.44. The standard InChI is InChI=1S/C20H22N8O3S/c1-12(2)28-16-7-18(22-9-15(16)24-19(28)11-29)25-17-5-6-21-20(26-17)13-8-23-27(10-13)32(30,31)14-3-4-14/h5-10,12,14,29H,3-4,11H2,1-2H3,(H,21,22,25,26). The number of imidazole rings is 1. The summed E-state index contributed by atoms with van der Waals surface area (Å²) in [7, 11) is -3.45. The maximum atomic E-state index is 12.4. The van der Waals surface area contributed by atoms with Gasteiger partial charge in [-0.3, -0.25) is 0 Å². The van der Waals surface area contributed by atoms with Gasteiger partial charge in [0.25, 0.3) is 10.0 Å². The van der Waals surface area contributed by atoms with Crippen LogP contribution in [0, 0.1) is 0 Å². The molecule has 0 aliphatic heterocycles. The molecule has 0 aromatic carbocycles. The Labute approximate surface area is 184 Å². The second-order valence-electron chi connectivity index (χ2n) is 7.94. The Morgan fingerprint density at radius 1 is 1.19 bits per heavy atom. The second-order valence-corrected chi connectivity index (χ2v) is 10.0. The van der Waals surface area contributed by atoms with E-state index in [9.17, 15) is 13.5 Å². The van der Waals surface area contributed by atoms with Crippen LogP contribution in [0.15, 0.2) is 36.9 Å². The third-order valence-corrected chi connectivity index (χ3v) is 7.28. The summed E-state index contributed by atoms with van der Waals surface area (Å²) in [6, 6.07) is 3.66. The van der Waals surface area contributed by atoms with E-state index < -0.39 is 10.0 Å². The lowest BCUT2D eigenvalue weighted by Crippen LogP contribution is -2.17. The number of aliphatic hydroxyl groups is 1. The van der Waals surface area contributed by atoms with Crippen LogP contribution in [-0.2, 0) is 16.6 Å². The van der Waals surface area contributed by atoms with Gasteiger partial charge in [-0.2, -0.15) is 9.19 Å². The van der Waals surface area contributed by atoms with Crippen molar-refractivity contribution in [3.8, 4) is 11.4 Å². The van der Waals surface area contributed by atoms with E-state index in [-0.39, 0.29) is 17.9 Å². The molecule has 0 unspecified atom stereocenters. The van der Waals surface area contributed by atoms with Gasteiger partial charge in [0.15, 0.2) is 5.82 Å². The summed E-state index contributed by atoms with van der Waals surface area (Å²) in [6.45, 7) is 3.89. The summed E-state index contributed by atoms with van der Waals surface area (Å²) >= 11 is 0. The van der Waals surface area contributed by atoms with Crippen LogP contribution in [0.2, 0.25) is 0 Å². The van der Waals surface area contributed by atoms with Crippen LogP contribution in [0.25, 0.3) is 22.4 Å². The molecule has 1 saturated carbocycles. The van der Waals surface area contributed by atoms with Gasteiger partial charge in [-0.25, -0.2) is 28.4 Å². The number of nitrogens with zero attached hydrogens (tertiary/aromatic N) is 7. The number of aromatic nitrogens is 7. The van der Waals surface area contributed by atoms with Crippen LogP contribution >= 0.6 is 0 Å². The Morgan fingerprint density at radius 2 is 2.00 bits per heavy atom. The van der Waals surface area contributed by atoms with Gasteiger partial charge in [0.2, 0.25) is 0 Å². The number of hydrogen-bond donors (Lipinski definition) is 2. The molecule has 5 rings (SSSR count). The van der Waals surface area contributed by atoms with E-state index in [2.05, 4.69) is 30.4 Å². The first-order valence-electron chi connectivity index (χ1n) is 10.2. The Morgan fingerprint density at radius 3 is 2.72 bits per heavy atom. The number of rotatable bonds is 7. The van der Waals surface area contributed by atoms with Crippen molar-refractivity contribution < 1.29 is 13.5 Å². The highest BCUT2D eigenvalue weighted by Gasteiger charge is 2.37. The van der Waals surface area contributed by atoms with Crippen molar-refractivity contribution in [3.63, 3.8) is 0 Å². The van der Waals surface area contributed by atoms with Gasteiger partial charge in [-0.05, 0) is 32.8 Å². The summed E-state index contributed by atoms with van der Waals surface area (Å²) in [5, 5.41) is 16.4. The molecule has 0 atom stereocenters. The van der Waals surface area contributed by atoms with Crippen molar-refractivity contribution in [1.82, 2.24) is 33.7 Å². The van der Waals surface area contributed by atoms with Gasteiger partial charge in [0.1, 0.15) is 29.6 Å². The molecule has 166 valence electrons. The maximum Gasteiger partial charge on any atom is 0.256 e. The molecule has 11 nitrogen and oxygen atoms in total. The zero-order valence-corrected chi connectivity index (χ0v) is 18.4. The topological polar surface area (TPSA) is 141 Å². The summed E-state index contributed by atoms with van der Waals surface area (Å²) in [5.74, 6) is 1.98. The molecule has 4 heterocycles. The first kappa shape index (κ1) is 20.5. The number of pyridine rings is 1. The van der Waals surface area contributed by atoms with E-state index in [1.54, 1.807) is 18.5 Å². The lowest BCUT2D eigenvalue weighted by molar-refractivity contribution is 0.263. The van der Waals surface area contributed by atoms with Crippen molar-refractivity contribution in [1.29, 1.82) is 0 Å².